The van der Waals surface area contributed by atoms with E-state index < -0.39 is 86.4 Å². The lowest BCUT2D eigenvalue weighted by atomic mass is 10.1. The van der Waals surface area contributed by atoms with Crippen molar-refractivity contribution in [2.75, 3.05) is 32.2 Å². The number of aryl methyl sites for hydroxylation is 2. The Morgan fingerprint density at radius 2 is 1.22 bits per heavy atom. The minimum Gasteiger partial charge on any atom is -0.756 e. The van der Waals surface area contributed by atoms with Gasteiger partial charge in [-0.15, -0.1) is 5.10 Å². The lowest BCUT2D eigenvalue weighted by Gasteiger charge is -2.38. The first-order valence-electron chi connectivity index (χ1n) is 20.6. The zero-order valence-corrected chi connectivity index (χ0v) is 42.6. The summed E-state index contributed by atoms with van der Waals surface area (Å²) in [4.78, 5) is 93.4. The third-order valence-electron chi connectivity index (χ3n) is 9.04. The maximum atomic E-state index is 12.2. The highest BCUT2D eigenvalue weighted by Gasteiger charge is 2.38. The van der Waals surface area contributed by atoms with Crippen LogP contribution in [-0.4, -0.2) is 83.1 Å². The van der Waals surface area contributed by atoms with Crippen molar-refractivity contribution in [2.24, 2.45) is 0 Å². The van der Waals surface area contributed by atoms with Crippen LogP contribution in [0.25, 0.3) is 11.2 Å². The van der Waals surface area contributed by atoms with E-state index in [1.54, 1.807) is 11.6 Å². The van der Waals surface area contributed by atoms with Crippen molar-refractivity contribution in [3.8, 4) is 0 Å². The van der Waals surface area contributed by atoms with Crippen LogP contribution in [-0.2, 0) is 89.3 Å². The van der Waals surface area contributed by atoms with E-state index in [0.717, 1.165) is 50.5 Å². The first-order chi connectivity index (χ1) is 32.1. The van der Waals surface area contributed by atoms with Crippen molar-refractivity contribution in [1.29, 1.82) is 0 Å². The van der Waals surface area contributed by atoms with Crippen molar-refractivity contribution in [3.63, 3.8) is 0 Å². The maximum Gasteiger partial charge on any atom is 0.472 e. The summed E-state index contributed by atoms with van der Waals surface area (Å²) >= 11 is 0. The van der Waals surface area contributed by atoms with Crippen LogP contribution in [0.1, 0.15) is 95.9 Å². The molecule has 1 aliphatic rings. The summed E-state index contributed by atoms with van der Waals surface area (Å²) in [5.41, 5.74) is 6.86. The second-order valence-corrected chi connectivity index (χ2v) is 25.2. The van der Waals surface area contributed by atoms with E-state index in [9.17, 15) is 71.3 Å². The van der Waals surface area contributed by atoms with Crippen LogP contribution in [0.4, 0.5) is 5.82 Å². The number of ether oxygens (including phenoxy) is 1. The van der Waals surface area contributed by atoms with Crippen molar-refractivity contribution in [1.82, 2.24) is 34.5 Å². The van der Waals surface area contributed by atoms with Gasteiger partial charge in [0.2, 0.25) is 0 Å². The van der Waals surface area contributed by atoms with Gasteiger partial charge in [-0.1, -0.05) is 50.2 Å². The van der Waals surface area contributed by atoms with Gasteiger partial charge in [0.15, 0.2) is 11.5 Å². The van der Waals surface area contributed by atoms with Gasteiger partial charge in [0.05, 0.1) is 44.6 Å². The van der Waals surface area contributed by atoms with Gasteiger partial charge in [-0.25, -0.2) is 41.1 Å². The van der Waals surface area contributed by atoms with Gasteiger partial charge in [-0.2, -0.15) is 0 Å². The monoisotopic (exact) mass is 1130 g/mol. The number of hydrogen-bond donors (Lipinski definition) is 3. The van der Waals surface area contributed by atoms with Crippen LogP contribution < -0.4 is 35.1 Å². The zero-order chi connectivity index (χ0) is 51.2. The molecule has 1 saturated heterocycles. The Bertz CT molecular complexity index is 2470. The summed E-state index contributed by atoms with van der Waals surface area (Å²) in [5.74, 6) is 0.0139. The molecule has 4 N–H and O–H groups in total. The molecule has 0 aromatic carbocycles. The first-order valence-corrected chi connectivity index (χ1v) is 30.9. The number of unbranched alkanes of at least 4 members (excludes halogenated alkanes) is 9. The molecule has 8 unspecified atom stereocenters. The number of aliphatic hydroxyl groups is 1. The van der Waals surface area contributed by atoms with Crippen LogP contribution in [0.3, 0.4) is 0 Å². The van der Waals surface area contributed by atoms with Gasteiger partial charge in [0.25, 0.3) is 46.9 Å². The Morgan fingerprint density at radius 3 is 1.81 bits per heavy atom. The molecular weight excluding hydrogens is 1080 g/mol. The topological polar surface area (TPSA) is 491 Å². The van der Waals surface area contributed by atoms with Crippen LogP contribution in [0.15, 0.2) is 18.9 Å². The summed E-state index contributed by atoms with van der Waals surface area (Å²) in [7, 11) is -43.2. The normalized spacial score (nSPS) is 22.8. The highest BCUT2D eigenvalue weighted by molar-refractivity contribution is 7.71. The van der Waals surface area contributed by atoms with E-state index >= 15 is 0 Å². The van der Waals surface area contributed by atoms with Gasteiger partial charge in [-0.3, -0.25) is 45.7 Å². The molecule has 4 rings (SSSR count). The molecule has 0 amide bonds. The number of phosphoric acid groups is 7. The van der Waals surface area contributed by atoms with Gasteiger partial charge in [0, 0.05) is 19.2 Å². The molecule has 3 aromatic rings. The van der Waals surface area contributed by atoms with Crippen molar-refractivity contribution < 1.29 is 116 Å². The Kier molecular flexibility index (Phi) is 23.1. The number of imidazole rings is 1. The number of fused-ring (bicyclic) bond motifs is 1. The predicted molar refractivity (Wildman–Crippen MR) is 219 cm³/mol. The molecule has 33 nitrogen and oxygen atoms in total. The molecule has 0 saturated carbocycles. The Balaban J connectivity index is 1.06. The molecule has 1 aliphatic heterocycles. The summed E-state index contributed by atoms with van der Waals surface area (Å²) in [6.07, 6.45) is 8.32. The van der Waals surface area contributed by atoms with Gasteiger partial charge in [-0.05, 0) is 39.0 Å². The molecule has 3 aromatic heterocycles. The number of nitrogens with two attached hydrogens (primary N) is 1. The summed E-state index contributed by atoms with van der Waals surface area (Å²) in [5, 5.41) is 18.6. The summed E-state index contributed by atoms with van der Waals surface area (Å²) < 4.78 is 128. The SMILES string of the molecule is CCOP(=O)(O)OCCCCc1cn(CCCCCCCCCCCOP(=O)([O-])OP(=O)([O-])OP(=O)([O-])OP(=O)([O-])OP(=O)([O-])OP(=O)([O-])OC[C@H]2O[C@@H](n3cnc4c(N)ncnc43)CC2O)nn1. The maximum absolute atomic E-state index is 12.2. The average molecular weight is 1130 g/mol. The van der Waals surface area contributed by atoms with E-state index in [1.807, 2.05) is 6.20 Å². The van der Waals surface area contributed by atoms with Crippen LogP contribution >= 0.6 is 54.8 Å². The number of aliphatic hydroxyl groups excluding tert-OH is 1. The lowest BCUT2D eigenvalue weighted by Crippen LogP contribution is -2.27. The fourth-order valence-electron chi connectivity index (χ4n) is 6.14. The highest BCUT2D eigenvalue weighted by atomic mass is 31.3. The predicted octanol–water partition coefficient (Wildman–Crippen LogP) is 1.26. The van der Waals surface area contributed by atoms with E-state index in [1.165, 1.54) is 10.9 Å². The fourth-order valence-corrected chi connectivity index (χ4v) is 14.4. The van der Waals surface area contributed by atoms with Crippen LogP contribution in [0, 0.1) is 0 Å². The number of phosphoric ester groups is 3. The van der Waals surface area contributed by atoms with Gasteiger partial charge < -0.3 is 58.9 Å². The highest BCUT2D eigenvalue weighted by Crippen LogP contribution is 2.70. The average Bonchev–Trinajstić information content (AvgIpc) is 3.93. The van der Waals surface area contributed by atoms with E-state index in [-0.39, 0.29) is 43.0 Å². The Labute approximate surface area is 393 Å². The third kappa shape index (κ3) is 22.2. The molecule has 10 atom stereocenters. The van der Waals surface area contributed by atoms with E-state index in [4.69, 9.17) is 15.0 Å². The van der Waals surface area contributed by atoms with Gasteiger partial charge in [0.1, 0.15) is 24.2 Å². The largest absolute Gasteiger partial charge is 0.756 e. The molecule has 0 radical (unpaired) electrons. The Morgan fingerprint density at radius 1 is 0.696 bits per heavy atom. The molecule has 0 aliphatic carbocycles. The molecule has 396 valence electrons. The Hall–Kier alpha value is -1.62. The standard InChI is InChI=1S/C29H55N8O25P7/c1-2-53-63(39,40)54-17-13-10-14-23-19-36(35-34-23)15-11-8-6-4-3-5-7-9-12-16-55-64(41,42)58-66(45,46)60-68(49,50)62-69(51,52)61-67(47,48)59-65(43,44)56-20-25-24(38)18-26(57-25)37-22-33-27-28(30)31-21-32-29(27)37/h19,21-22,24-26,38H,2-18,20H2,1H3,(H,39,40)(H,41,42)(H,43,44)(H,45,46)(H,47,48)(H,49,50)(H,51,52)(H2,30,31,32)/p-6/t24?,25-,26-/m1/s1. The molecule has 4 heterocycles. The lowest BCUT2D eigenvalue weighted by molar-refractivity contribution is -0.256. The van der Waals surface area contributed by atoms with E-state index in [2.05, 4.69) is 60.4 Å². The molecule has 40 heteroatoms. The fraction of sp³-hybridized carbons (Fsp3) is 0.759. The third-order valence-corrected chi connectivity index (χ3v) is 19.1. The van der Waals surface area contributed by atoms with Crippen LogP contribution in [0.5, 0.6) is 0 Å². The summed E-state index contributed by atoms with van der Waals surface area (Å²) in [6.45, 7) is 0.645. The smallest absolute Gasteiger partial charge is 0.472 e. The molecule has 0 bridgehead atoms. The number of hydrogen-bond acceptors (Lipinski definition) is 30. The minimum atomic E-state index is -6.90. The number of aromatic nitrogens is 7. The molecule has 1 fully saturated rings. The van der Waals surface area contributed by atoms with E-state index in [0.29, 0.717) is 38.6 Å². The van der Waals surface area contributed by atoms with Gasteiger partial charge >= 0.3 is 7.82 Å². The molecular formula is C29H49N8O25P7-6. The zero-order valence-electron chi connectivity index (χ0n) is 36.3. The second-order valence-electron chi connectivity index (χ2n) is 14.6. The number of anilines is 1. The van der Waals surface area contributed by atoms with Crippen molar-refractivity contribution in [3.05, 3.63) is 24.5 Å². The number of rotatable bonds is 35. The number of nitrogens with zero attached hydrogens (tertiary/aromatic N) is 7. The molecule has 69 heavy (non-hydrogen) atoms. The van der Waals surface area contributed by atoms with Crippen LogP contribution in [0.2, 0.25) is 0 Å². The van der Waals surface area contributed by atoms with Crippen molar-refractivity contribution in [2.45, 2.75) is 115 Å². The minimum absolute atomic E-state index is 0.0139. The quantitative estimate of drug-likeness (QED) is 0.0551. The first kappa shape index (κ1) is 59.9. The molecule has 0 spiro atoms. The second kappa shape index (κ2) is 26.5. The number of nitrogen functional groups attached to an aromatic ring is 1. The summed E-state index contributed by atoms with van der Waals surface area (Å²) in [6, 6.07) is 0. The van der Waals surface area contributed by atoms with Crippen molar-refractivity contribution >= 4 is 71.7 Å².